The van der Waals surface area contributed by atoms with Crippen molar-refractivity contribution in [3.05, 3.63) is 24.2 Å². The van der Waals surface area contributed by atoms with Crippen molar-refractivity contribution in [2.24, 2.45) is 0 Å². The lowest BCUT2D eigenvalue weighted by Gasteiger charge is -2.24. The van der Waals surface area contributed by atoms with Crippen molar-refractivity contribution in [2.75, 3.05) is 43.4 Å². The first-order valence-electron chi connectivity index (χ1n) is 13.2. The first kappa shape index (κ1) is 24.8. The van der Waals surface area contributed by atoms with Crippen LogP contribution in [0.3, 0.4) is 0 Å². The normalized spacial score (nSPS) is 17.6. The van der Waals surface area contributed by atoms with Gasteiger partial charge in [-0.1, -0.05) is 24.5 Å². The first-order chi connectivity index (χ1) is 16.8. The van der Waals surface area contributed by atoms with Gasteiger partial charge in [0.1, 0.15) is 11.5 Å². The van der Waals surface area contributed by atoms with Crippen LogP contribution in [0.5, 0.6) is 0 Å². The van der Waals surface area contributed by atoms with Gasteiger partial charge < -0.3 is 26.6 Å². The number of piperidine rings is 1. The molecule has 34 heavy (non-hydrogen) atoms. The van der Waals surface area contributed by atoms with Gasteiger partial charge >= 0.3 is 0 Å². The average molecular weight is 471 g/mol. The highest BCUT2D eigenvalue weighted by Gasteiger charge is 2.13. The summed E-state index contributed by atoms with van der Waals surface area (Å²) >= 11 is 0. The van der Waals surface area contributed by atoms with E-state index >= 15 is 0 Å². The fourth-order valence-corrected chi connectivity index (χ4v) is 4.72. The molecule has 2 aliphatic rings. The third-order valence-electron chi connectivity index (χ3n) is 6.67. The number of nitrogens with one attached hydrogen (secondary N) is 5. The Bertz CT molecular complexity index is 814. The maximum Gasteiger partial charge on any atom is 0.224 e. The summed E-state index contributed by atoms with van der Waals surface area (Å²) < 4.78 is 1.92. The maximum absolute atomic E-state index is 4.58. The second kappa shape index (κ2) is 14.2. The minimum Gasteiger partial charge on any atom is -0.367 e. The van der Waals surface area contributed by atoms with Crippen LogP contribution in [0.2, 0.25) is 0 Å². The Balaban J connectivity index is 1.06. The molecule has 1 saturated heterocycles. The summed E-state index contributed by atoms with van der Waals surface area (Å²) in [5.41, 5.74) is 0.891. The lowest BCUT2D eigenvalue weighted by Crippen LogP contribution is -2.35. The van der Waals surface area contributed by atoms with Gasteiger partial charge in [0.25, 0.3) is 0 Å². The van der Waals surface area contributed by atoms with E-state index in [2.05, 4.69) is 46.9 Å². The van der Waals surface area contributed by atoms with Gasteiger partial charge in [-0.2, -0.15) is 4.98 Å². The van der Waals surface area contributed by atoms with Crippen LogP contribution in [0.4, 0.5) is 11.8 Å². The van der Waals surface area contributed by atoms with Crippen molar-refractivity contribution in [3.8, 4) is 0 Å². The second-order valence-electron chi connectivity index (χ2n) is 9.51. The van der Waals surface area contributed by atoms with Gasteiger partial charge in [-0.3, -0.25) is 4.68 Å². The Kier molecular flexibility index (Phi) is 10.3. The summed E-state index contributed by atoms with van der Waals surface area (Å²) in [5.74, 6) is 1.47. The molecule has 0 bridgehead atoms. The molecule has 0 radical (unpaired) electrons. The molecule has 2 fully saturated rings. The number of hydrogen-bond donors (Lipinski definition) is 5. The van der Waals surface area contributed by atoms with Gasteiger partial charge in [0.15, 0.2) is 0 Å². The molecular formula is C24H42N10. The number of hydrogen-bond acceptors (Lipinski definition) is 9. The summed E-state index contributed by atoms with van der Waals surface area (Å²) in [6, 6.07) is 3.15. The van der Waals surface area contributed by atoms with Crippen molar-refractivity contribution < 1.29 is 0 Å². The Morgan fingerprint density at radius 1 is 0.971 bits per heavy atom. The smallest absolute Gasteiger partial charge is 0.224 e. The summed E-state index contributed by atoms with van der Waals surface area (Å²) in [4.78, 5) is 8.91. The number of anilines is 2. The lowest BCUT2D eigenvalue weighted by atomic mass is 9.95. The Hall–Kier alpha value is -2.30. The summed E-state index contributed by atoms with van der Waals surface area (Å²) in [6.07, 6.45) is 15.2. The zero-order chi connectivity index (χ0) is 23.3. The lowest BCUT2D eigenvalue weighted by molar-refractivity contribution is 0.371. The van der Waals surface area contributed by atoms with Gasteiger partial charge in [0.2, 0.25) is 5.95 Å². The van der Waals surface area contributed by atoms with Crippen LogP contribution in [-0.2, 0) is 13.1 Å². The molecule has 0 unspecified atom stereocenters. The van der Waals surface area contributed by atoms with Crippen LogP contribution in [0.15, 0.2) is 18.5 Å². The topological polar surface area (TPSA) is 117 Å². The second-order valence-corrected chi connectivity index (χ2v) is 9.51. The third-order valence-corrected chi connectivity index (χ3v) is 6.67. The molecule has 2 aromatic rings. The van der Waals surface area contributed by atoms with Crippen molar-refractivity contribution >= 4 is 11.8 Å². The van der Waals surface area contributed by atoms with Gasteiger partial charge in [0, 0.05) is 24.8 Å². The molecule has 0 amide bonds. The molecule has 4 rings (SSSR count). The number of aryl methyl sites for hydroxylation is 1. The average Bonchev–Trinajstić information content (AvgIpc) is 3.34. The van der Waals surface area contributed by atoms with Crippen LogP contribution in [0.1, 0.15) is 63.5 Å². The van der Waals surface area contributed by atoms with Crippen molar-refractivity contribution in [1.82, 2.24) is 40.9 Å². The molecule has 2 aromatic heterocycles. The highest BCUT2D eigenvalue weighted by Crippen LogP contribution is 2.17. The molecule has 188 valence electrons. The number of nitrogens with zero attached hydrogens (tertiary/aromatic N) is 5. The molecule has 10 nitrogen and oxygen atoms in total. The summed E-state index contributed by atoms with van der Waals surface area (Å²) in [5, 5.41) is 25.9. The van der Waals surface area contributed by atoms with E-state index in [1.165, 1.54) is 38.5 Å². The molecule has 3 heterocycles. The van der Waals surface area contributed by atoms with Crippen LogP contribution >= 0.6 is 0 Å². The van der Waals surface area contributed by atoms with Crippen LogP contribution < -0.4 is 26.6 Å². The van der Waals surface area contributed by atoms with Gasteiger partial charge in [-0.25, -0.2) is 4.98 Å². The van der Waals surface area contributed by atoms with E-state index in [1.807, 2.05) is 16.9 Å². The van der Waals surface area contributed by atoms with E-state index in [1.54, 1.807) is 6.20 Å². The van der Waals surface area contributed by atoms with E-state index in [0.29, 0.717) is 18.5 Å². The van der Waals surface area contributed by atoms with Crippen molar-refractivity contribution in [2.45, 2.75) is 83.0 Å². The molecule has 5 N–H and O–H groups in total. The van der Waals surface area contributed by atoms with Crippen molar-refractivity contribution in [1.29, 1.82) is 0 Å². The monoisotopic (exact) mass is 470 g/mol. The molecule has 1 saturated carbocycles. The minimum atomic E-state index is 0.469. The van der Waals surface area contributed by atoms with Crippen LogP contribution in [-0.4, -0.2) is 69.8 Å². The fraction of sp³-hybridized carbons (Fsp3) is 0.750. The zero-order valence-corrected chi connectivity index (χ0v) is 20.4. The van der Waals surface area contributed by atoms with E-state index in [4.69, 9.17) is 0 Å². The molecular weight excluding hydrogens is 428 g/mol. The molecule has 0 spiro atoms. The molecule has 0 aromatic carbocycles. The van der Waals surface area contributed by atoms with Crippen LogP contribution in [0, 0.1) is 0 Å². The number of aromatic nitrogens is 5. The minimum absolute atomic E-state index is 0.469. The molecule has 0 atom stereocenters. The van der Waals surface area contributed by atoms with E-state index in [0.717, 1.165) is 76.1 Å². The van der Waals surface area contributed by atoms with Crippen molar-refractivity contribution in [3.63, 3.8) is 0 Å². The van der Waals surface area contributed by atoms with Gasteiger partial charge in [-0.15, -0.1) is 5.10 Å². The Morgan fingerprint density at radius 3 is 2.71 bits per heavy atom. The summed E-state index contributed by atoms with van der Waals surface area (Å²) in [7, 11) is 0. The van der Waals surface area contributed by atoms with Crippen LogP contribution in [0.25, 0.3) is 0 Å². The Morgan fingerprint density at radius 2 is 1.82 bits per heavy atom. The Labute approximate surface area is 203 Å². The van der Waals surface area contributed by atoms with Gasteiger partial charge in [-0.05, 0) is 77.3 Å². The van der Waals surface area contributed by atoms with E-state index < -0.39 is 0 Å². The SMILES string of the molecule is c1cc(NC2CCNCC2)nc(NCc2cn(CCCNCCCNC3CCCCC3)nn2)n1. The summed E-state index contributed by atoms with van der Waals surface area (Å²) in [6.45, 7) is 6.72. The van der Waals surface area contributed by atoms with E-state index in [-0.39, 0.29) is 0 Å². The first-order valence-corrected chi connectivity index (χ1v) is 13.2. The molecule has 1 aliphatic heterocycles. The quantitative estimate of drug-likeness (QED) is 0.265. The maximum atomic E-state index is 4.58. The zero-order valence-electron chi connectivity index (χ0n) is 20.4. The predicted molar refractivity (Wildman–Crippen MR) is 136 cm³/mol. The molecule has 1 aliphatic carbocycles. The predicted octanol–water partition coefficient (Wildman–Crippen LogP) is 2.14. The highest BCUT2D eigenvalue weighted by atomic mass is 15.4. The number of rotatable bonds is 14. The standard InChI is InChI=1S/C24H42N10/c1-2-6-20(7-3-1)27-13-4-11-25-12-5-17-34-19-22(32-33-34)18-29-24-28-16-10-23(31-24)30-21-8-14-26-15-9-21/h10,16,19-21,25-27H,1-9,11-15,17-18H2,(H2,28,29,30,31). The fourth-order valence-electron chi connectivity index (χ4n) is 4.72. The molecule has 10 heteroatoms. The van der Waals surface area contributed by atoms with Gasteiger partial charge in [0.05, 0.1) is 12.7 Å². The highest BCUT2D eigenvalue weighted by molar-refractivity contribution is 5.40. The largest absolute Gasteiger partial charge is 0.367 e. The van der Waals surface area contributed by atoms with E-state index in [9.17, 15) is 0 Å². The third kappa shape index (κ3) is 8.81.